The lowest BCUT2D eigenvalue weighted by Crippen LogP contribution is -2.44. The van der Waals surface area contributed by atoms with E-state index in [0.717, 1.165) is 19.0 Å². The van der Waals surface area contributed by atoms with E-state index in [1.54, 1.807) is 0 Å². The minimum atomic E-state index is 0.508. The maximum Gasteiger partial charge on any atom is 0.191 e. The third kappa shape index (κ3) is 4.83. The van der Waals surface area contributed by atoms with Gasteiger partial charge in [0, 0.05) is 31.1 Å². The van der Waals surface area contributed by atoms with Crippen molar-refractivity contribution in [3.05, 3.63) is 58.3 Å². The van der Waals surface area contributed by atoms with Crippen LogP contribution in [0.4, 0.5) is 0 Å². The van der Waals surface area contributed by atoms with Crippen LogP contribution in [0, 0.1) is 5.92 Å². The van der Waals surface area contributed by atoms with Gasteiger partial charge in [0.05, 0.1) is 0 Å². The predicted molar refractivity (Wildman–Crippen MR) is 107 cm³/mol. The summed E-state index contributed by atoms with van der Waals surface area (Å²) < 4.78 is 0. The average molecular weight is 357 g/mol. The van der Waals surface area contributed by atoms with Crippen LogP contribution < -0.4 is 10.6 Å². The number of hydrogen-bond donors (Lipinski definition) is 2. The van der Waals surface area contributed by atoms with Crippen molar-refractivity contribution < 1.29 is 0 Å². The third-order valence-electron chi connectivity index (χ3n) is 4.90. The summed E-state index contributed by atoms with van der Waals surface area (Å²) in [6, 6.07) is 15.4. The van der Waals surface area contributed by atoms with Gasteiger partial charge in [-0.05, 0) is 49.4 Å². The zero-order valence-corrected chi connectivity index (χ0v) is 15.9. The van der Waals surface area contributed by atoms with E-state index in [-0.39, 0.29) is 0 Å². The number of likely N-dealkylation sites (tertiary alicyclic amines) is 1. The molecule has 2 unspecified atom stereocenters. The molecule has 2 aromatic rings. The van der Waals surface area contributed by atoms with Crippen molar-refractivity contribution in [2.24, 2.45) is 10.9 Å². The van der Waals surface area contributed by atoms with Crippen LogP contribution >= 0.6 is 11.3 Å². The molecule has 1 aliphatic rings. The first-order valence-corrected chi connectivity index (χ1v) is 9.88. The molecule has 1 fully saturated rings. The zero-order valence-electron chi connectivity index (χ0n) is 15.1. The average Bonchev–Trinajstić information content (AvgIpc) is 3.17. The molecule has 2 atom stereocenters. The van der Waals surface area contributed by atoms with Crippen molar-refractivity contribution >= 4 is 17.3 Å². The minimum Gasteiger partial charge on any atom is -0.356 e. The summed E-state index contributed by atoms with van der Waals surface area (Å²) in [6.07, 6.45) is 2.52. The SMILES string of the molecule is CN=C(NCc1ccccc1)NCC1CCCN(C)C1c1cccs1. The van der Waals surface area contributed by atoms with Gasteiger partial charge in [-0.15, -0.1) is 11.3 Å². The van der Waals surface area contributed by atoms with Gasteiger partial charge in [-0.1, -0.05) is 36.4 Å². The molecule has 2 heterocycles. The number of nitrogens with zero attached hydrogens (tertiary/aromatic N) is 2. The molecule has 0 aliphatic carbocycles. The van der Waals surface area contributed by atoms with Crippen LogP contribution in [0.25, 0.3) is 0 Å². The first-order chi connectivity index (χ1) is 12.3. The second kappa shape index (κ2) is 9.02. The summed E-state index contributed by atoms with van der Waals surface area (Å²) in [6.45, 7) is 2.92. The molecule has 2 N–H and O–H groups in total. The second-order valence-electron chi connectivity index (χ2n) is 6.64. The Morgan fingerprint density at radius 3 is 2.76 bits per heavy atom. The lowest BCUT2D eigenvalue weighted by atomic mass is 9.88. The highest BCUT2D eigenvalue weighted by Crippen LogP contribution is 2.36. The molecule has 0 spiro atoms. The number of benzene rings is 1. The van der Waals surface area contributed by atoms with E-state index in [9.17, 15) is 0 Å². The van der Waals surface area contributed by atoms with Crippen LogP contribution in [-0.2, 0) is 6.54 Å². The van der Waals surface area contributed by atoms with Gasteiger partial charge in [0.1, 0.15) is 0 Å². The standard InChI is InChI=1S/C20H28N4S/c1-21-20(22-14-16-8-4-3-5-9-16)23-15-17-10-6-12-24(2)19(17)18-11-7-13-25-18/h3-5,7-9,11,13,17,19H,6,10,12,14-15H2,1-2H3,(H2,21,22,23). The van der Waals surface area contributed by atoms with Crippen LogP contribution in [0.1, 0.15) is 29.3 Å². The minimum absolute atomic E-state index is 0.508. The van der Waals surface area contributed by atoms with Gasteiger partial charge >= 0.3 is 0 Å². The lowest BCUT2D eigenvalue weighted by Gasteiger charge is -2.39. The molecule has 0 radical (unpaired) electrons. The molecule has 4 nitrogen and oxygen atoms in total. The van der Waals surface area contributed by atoms with Gasteiger partial charge < -0.3 is 10.6 Å². The number of rotatable bonds is 5. The molecule has 1 aliphatic heterocycles. The van der Waals surface area contributed by atoms with E-state index in [0.29, 0.717) is 12.0 Å². The van der Waals surface area contributed by atoms with E-state index >= 15 is 0 Å². The van der Waals surface area contributed by atoms with Crippen LogP contribution in [0.5, 0.6) is 0 Å². The highest BCUT2D eigenvalue weighted by molar-refractivity contribution is 7.10. The Bertz CT molecular complexity index is 654. The zero-order chi connectivity index (χ0) is 17.5. The number of nitrogens with one attached hydrogen (secondary N) is 2. The van der Waals surface area contributed by atoms with Crippen molar-refractivity contribution in [3.8, 4) is 0 Å². The molecule has 5 heteroatoms. The molecule has 1 aromatic heterocycles. The van der Waals surface area contributed by atoms with Crippen LogP contribution in [0.3, 0.4) is 0 Å². The van der Waals surface area contributed by atoms with Gasteiger partial charge in [0.2, 0.25) is 0 Å². The molecule has 0 bridgehead atoms. The molecular formula is C20H28N4S. The van der Waals surface area contributed by atoms with Gasteiger partial charge in [-0.3, -0.25) is 9.89 Å². The van der Waals surface area contributed by atoms with Crippen LogP contribution in [-0.4, -0.2) is 38.0 Å². The third-order valence-corrected chi connectivity index (χ3v) is 5.84. The Labute approximate surface area is 155 Å². The van der Waals surface area contributed by atoms with E-state index < -0.39 is 0 Å². The van der Waals surface area contributed by atoms with Crippen molar-refractivity contribution in [2.75, 3.05) is 27.2 Å². The van der Waals surface area contributed by atoms with Crippen molar-refractivity contribution in [1.29, 1.82) is 0 Å². The Morgan fingerprint density at radius 1 is 1.20 bits per heavy atom. The summed E-state index contributed by atoms with van der Waals surface area (Å²) in [4.78, 5) is 8.35. The Kier molecular flexibility index (Phi) is 6.48. The van der Waals surface area contributed by atoms with Crippen molar-refractivity contribution in [1.82, 2.24) is 15.5 Å². The highest BCUT2D eigenvalue weighted by Gasteiger charge is 2.31. The maximum absolute atomic E-state index is 4.38. The molecule has 0 amide bonds. The second-order valence-corrected chi connectivity index (χ2v) is 7.61. The van der Waals surface area contributed by atoms with Crippen molar-refractivity contribution in [3.63, 3.8) is 0 Å². The fourth-order valence-electron chi connectivity index (χ4n) is 3.61. The largest absolute Gasteiger partial charge is 0.356 e. The highest BCUT2D eigenvalue weighted by atomic mass is 32.1. The first kappa shape index (κ1) is 18.0. The van der Waals surface area contributed by atoms with E-state index in [4.69, 9.17) is 0 Å². The summed E-state index contributed by atoms with van der Waals surface area (Å²) >= 11 is 1.87. The summed E-state index contributed by atoms with van der Waals surface area (Å²) in [5, 5.41) is 9.14. The van der Waals surface area contributed by atoms with Gasteiger partial charge in [-0.25, -0.2) is 0 Å². The Morgan fingerprint density at radius 2 is 2.04 bits per heavy atom. The molecular weight excluding hydrogens is 328 g/mol. The van der Waals surface area contributed by atoms with Gasteiger partial charge in [-0.2, -0.15) is 0 Å². The fraction of sp³-hybridized carbons (Fsp3) is 0.450. The number of hydrogen-bond acceptors (Lipinski definition) is 3. The monoisotopic (exact) mass is 356 g/mol. The van der Waals surface area contributed by atoms with Crippen molar-refractivity contribution in [2.45, 2.75) is 25.4 Å². The van der Waals surface area contributed by atoms with Gasteiger partial charge in [0.15, 0.2) is 5.96 Å². The molecule has 0 saturated carbocycles. The number of thiophene rings is 1. The van der Waals surface area contributed by atoms with Gasteiger partial charge in [0.25, 0.3) is 0 Å². The molecule has 1 saturated heterocycles. The lowest BCUT2D eigenvalue weighted by molar-refractivity contribution is 0.125. The molecule has 3 rings (SSSR count). The number of guanidine groups is 1. The number of piperidine rings is 1. The van der Waals surface area contributed by atoms with E-state index in [1.807, 2.05) is 24.5 Å². The first-order valence-electron chi connectivity index (χ1n) is 9.00. The fourth-order valence-corrected chi connectivity index (χ4v) is 4.60. The summed E-state index contributed by atoms with van der Waals surface area (Å²) in [5.41, 5.74) is 1.26. The predicted octanol–water partition coefficient (Wildman–Crippen LogP) is 3.50. The quantitative estimate of drug-likeness (QED) is 0.636. The van der Waals surface area contributed by atoms with E-state index in [2.05, 4.69) is 69.4 Å². The molecule has 134 valence electrons. The maximum atomic E-state index is 4.38. The van der Waals surface area contributed by atoms with Crippen LogP contribution in [0.2, 0.25) is 0 Å². The summed E-state index contributed by atoms with van der Waals surface area (Å²) in [7, 11) is 4.09. The molecule has 1 aromatic carbocycles. The normalized spacial score (nSPS) is 21.9. The smallest absolute Gasteiger partial charge is 0.191 e. The molecule has 25 heavy (non-hydrogen) atoms. The van der Waals surface area contributed by atoms with Crippen LogP contribution in [0.15, 0.2) is 52.8 Å². The number of aliphatic imine (C=N–C) groups is 1. The Balaban J connectivity index is 1.56. The Hall–Kier alpha value is -1.85. The topological polar surface area (TPSA) is 39.7 Å². The van der Waals surface area contributed by atoms with E-state index in [1.165, 1.54) is 29.8 Å². The summed E-state index contributed by atoms with van der Waals surface area (Å²) in [5.74, 6) is 1.48.